The van der Waals surface area contributed by atoms with Crippen molar-refractivity contribution in [3.63, 3.8) is 0 Å². The van der Waals surface area contributed by atoms with E-state index >= 15 is 0 Å². The molecular formula is C9H16O4S. The normalized spacial score (nSPS) is 12.1. The van der Waals surface area contributed by atoms with Crippen LogP contribution < -0.4 is 0 Å². The summed E-state index contributed by atoms with van der Waals surface area (Å²) in [5.41, 5.74) is -0.316. The lowest BCUT2D eigenvalue weighted by Gasteiger charge is -2.15. The maximum atomic E-state index is 11.0. The van der Waals surface area contributed by atoms with Crippen LogP contribution >= 0.6 is 11.8 Å². The van der Waals surface area contributed by atoms with Gasteiger partial charge in [-0.3, -0.25) is 9.59 Å². The van der Waals surface area contributed by atoms with Gasteiger partial charge in [0, 0.05) is 6.42 Å². The number of carboxylic acids is 1. The van der Waals surface area contributed by atoms with Crippen molar-refractivity contribution in [3.05, 3.63) is 0 Å². The maximum absolute atomic E-state index is 11.0. The van der Waals surface area contributed by atoms with E-state index in [0.29, 0.717) is 12.8 Å². The van der Waals surface area contributed by atoms with Gasteiger partial charge in [-0.1, -0.05) is 20.3 Å². The third-order valence-corrected chi connectivity index (χ3v) is 2.59. The molecule has 1 N–H and O–H groups in total. The Bertz CT molecular complexity index is 193. The zero-order chi connectivity index (χ0) is 11.0. The van der Waals surface area contributed by atoms with Gasteiger partial charge >= 0.3 is 11.9 Å². The van der Waals surface area contributed by atoms with Crippen molar-refractivity contribution in [3.8, 4) is 0 Å². The molecule has 0 aliphatic carbocycles. The van der Waals surface area contributed by atoms with Crippen LogP contribution in [0.5, 0.6) is 0 Å². The first-order valence-corrected chi connectivity index (χ1v) is 5.67. The second-order valence-electron chi connectivity index (χ2n) is 2.77. The third-order valence-electron chi connectivity index (χ3n) is 1.47. The Morgan fingerprint density at radius 1 is 1.43 bits per heavy atom. The second-order valence-corrected chi connectivity index (χ2v) is 3.91. The smallest absolute Gasteiger partial charge is 0.313 e. The van der Waals surface area contributed by atoms with Gasteiger partial charge in [0.25, 0.3) is 0 Å². The van der Waals surface area contributed by atoms with Gasteiger partial charge in [-0.25, -0.2) is 0 Å². The highest BCUT2D eigenvalue weighted by Gasteiger charge is 2.14. The molecule has 0 spiro atoms. The standard InChI is InChI=1S/C9H16O4S/c1-3-5-9(13-8(12)4-2)14-6-7(10)11/h9H,3-6H2,1-2H3,(H,10,11). The Balaban J connectivity index is 3.88. The van der Waals surface area contributed by atoms with Gasteiger partial charge in [0.05, 0.1) is 5.75 Å². The van der Waals surface area contributed by atoms with Crippen LogP contribution in [0, 0.1) is 0 Å². The number of esters is 1. The average molecular weight is 220 g/mol. The average Bonchev–Trinajstić information content (AvgIpc) is 2.14. The molecule has 0 saturated heterocycles. The van der Waals surface area contributed by atoms with E-state index in [4.69, 9.17) is 9.84 Å². The fourth-order valence-corrected chi connectivity index (χ4v) is 1.71. The maximum Gasteiger partial charge on any atom is 0.313 e. The lowest BCUT2D eigenvalue weighted by atomic mass is 10.3. The predicted molar refractivity (Wildman–Crippen MR) is 55.2 cm³/mol. The van der Waals surface area contributed by atoms with Gasteiger partial charge in [-0.15, -0.1) is 11.8 Å². The number of thioether (sulfide) groups is 1. The topological polar surface area (TPSA) is 63.6 Å². The largest absolute Gasteiger partial charge is 0.481 e. The van der Waals surface area contributed by atoms with E-state index in [-0.39, 0.29) is 17.2 Å². The summed E-state index contributed by atoms with van der Waals surface area (Å²) in [6.07, 6.45) is 1.89. The van der Waals surface area contributed by atoms with Gasteiger partial charge in [0.2, 0.25) is 0 Å². The van der Waals surface area contributed by atoms with Crippen molar-refractivity contribution in [2.75, 3.05) is 5.75 Å². The molecule has 0 aromatic rings. The molecule has 0 bridgehead atoms. The second kappa shape index (κ2) is 7.67. The van der Waals surface area contributed by atoms with Crippen LogP contribution in [0.3, 0.4) is 0 Å². The van der Waals surface area contributed by atoms with Gasteiger partial charge in [-0.2, -0.15) is 0 Å². The molecule has 0 saturated carbocycles. The van der Waals surface area contributed by atoms with E-state index in [9.17, 15) is 9.59 Å². The zero-order valence-corrected chi connectivity index (χ0v) is 9.30. The van der Waals surface area contributed by atoms with Gasteiger partial charge in [-0.05, 0) is 6.42 Å². The fraction of sp³-hybridized carbons (Fsp3) is 0.778. The molecule has 0 aliphatic rings. The number of rotatable bonds is 7. The van der Waals surface area contributed by atoms with Crippen molar-refractivity contribution < 1.29 is 19.4 Å². The summed E-state index contributed by atoms with van der Waals surface area (Å²) >= 11 is 1.16. The van der Waals surface area contributed by atoms with E-state index < -0.39 is 5.97 Å². The van der Waals surface area contributed by atoms with Gasteiger partial charge in [0.15, 0.2) is 0 Å². The summed E-state index contributed by atoms with van der Waals surface area (Å²) in [5, 5.41) is 8.46. The number of carbonyl (C=O) groups is 2. The van der Waals surface area contributed by atoms with E-state index in [1.165, 1.54) is 0 Å². The highest BCUT2D eigenvalue weighted by Crippen LogP contribution is 2.18. The first-order chi connectivity index (χ1) is 6.60. The van der Waals surface area contributed by atoms with E-state index in [1.54, 1.807) is 6.92 Å². The quantitative estimate of drug-likeness (QED) is 0.524. The molecule has 0 radical (unpaired) electrons. The van der Waals surface area contributed by atoms with Gasteiger partial charge in [0.1, 0.15) is 5.44 Å². The first-order valence-electron chi connectivity index (χ1n) is 4.63. The third kappa shape index (κ3) is 6.77. The SMILES string of the molecule is CCCC(OC(=O)CC)SCC(=O)O. The van der Waals surface area contributed by atoms with Crippen LogP contribution in [-0.4, -0.2) is 28.2 Å². The minimum Gasteiger partial charge on any atom is -0.481 e. The summed E-state index contributed by atoms with van der Waals surface area (Å²) in [4.78, 5) is 21.3. The summed E-state index contributed by atoms with van der Waals surface area (Å²) in [6.45, 7) is 3.68. The molecule has 0 fully saturated rings. The molecule has 0 aromatic carbocycles. The molecule has 14 heavy (non-hydrogen) atoms. The Morgan fingerprint density at radius 3 is 2.50 bits per heavy atom. The number of ether oxygens (including phenoxy) is 1. The molecule has 4 nitrogen and oxygen atoms in total. The van der Waals surface area contributed by atoms with E-state index in [2.05, 4.69) is 0 Å². The Morgan fingerprint density at radius 2 is 2.07 bits per heavy atom. The molecule has 1 unspecified atom stereocenters. The molecular weight excluding hydrogens is 204 g/mol. The summed E-state index contributed by atoms with van der Waals surface area (Å²) in [5.74, 6) is -1.19. The molecule has 5 heteroatoms. The number of aliphatic carboxylic acids is 1. The number of hydrogen-bond donors (Lipinski definition) is 1. The molecule has 0 amide bonds. The van der Waals surface area contributed by atoms with Crippen molar-refractivity contribution in [1.82, 2.24) is 0 Å². The van der Waals surface area contributed by atoms with Crippen molar-refractivity contribution in [2.24, 2.45) is 0 Å². The van der Waals surface area contributed by atoms with Crippen LogP contribution in [0.2, 0.25) is 0 Å². The van der Waals surface area contributed by atoms with E-state index in [1.807, 2.05) is 6.92 Å². The monoisotopic (exact) mass is 220 g/mol. The molecule has 1 atom stereocenters. The Labute approximate surface area is 88.0 Å². The van der Waals surface area contributed by atoms with Crippen LogP contribution in [0.1, 0.15) is 33.1 Å². The van der Waals surface area contributed by atoms with E-state index in [0.717, 1.165) is 18.2 Å². The number of hydrogen-bond acceptors (Lipinski definition) is 4. The lowest BCUT2D eigenvalue weighted by molar-refractivity contribution is -0.145. The minimum atomic E-state index is -0.886. The molecule has 0 aromatic heterocycles. The summed E-state index contributed by atoms with van der Waals surface area (Å²) < 4.78 is 5.05. The van der Waals surface area contributed by atoms with Crippen molar-refractivity contribution in [2.45, 2.75) is 38.5 Å². The summed E-state index contributed by atoms with van der Waals surface area (Å²) in [7, 11) is 0. The van der Waals surface area contributed by atoms with Crippen LogP contribution in [0.25, 0.3) is 0 Å². The highest BCUT2D eigenvalue weighted by molar-refractivity contribution is 8.00. The minimum absolute atomic E-state index is 0.0261. The lowest BCUT2D eigenvalue weighted by Crippen LogP contribution is -2.16. The number of carboxylic acid groups (broad SMARTS) is 1. The van der Waals surface area contributed by atoms with Crippen LogP contribution in [0.4, 0.5) is 0 Å². The van der Waals surface area contributed by atoms with Crippen molar-refractivity contribution in [1.29, 1.82) is 0 Å². The predicted octanol–water partition coefficient (Wildman–Crippen LogP) is 1.88. The summed E-state index contributed by atoms with van der Waals surface area (Å²) in [6, 6.07) is 0. The molecule has 0 aliphatic heterocycles. The van der Waals surface area contributed by atoms with Crippen LogP contribution in [0.15, 0.2) is 0 Å². The van der Waals surface area contributed by atoms with Gasteiger partial charge < -0.3 is 9.84 Å². The number of carbonyl (C=O) groups excluding carboxylic acids is 1. The Hall–Kier alpha value is -0.710. The fourth-order valence-electron chi connectivity index (χ4n) is 0.806. The van der Waals surface area contributed by atoms with Crippen molar-refractivity contribution >= 4 is 23.7 Å². The van der Waals surface area contributed by atoms with Crippen LogP contribution in [-0.2, 0) is 14.3 Å². The Kier molecular flexibility index (Phi) is 7.28. The first kappa shape index (κ1) is 13.3. The molecule has 82 valence electrons. The molecule has 0 heterocycles. The highest BCUT2D eigenvalue weighted by atomic mass is 32.2. The molecule has 0 rings (SSSR count). The zero-order valence-electron chi connectivity index (χ0n) is 8.49.